The first-order valence-corrected chi connectivity index (χ1v) is 12.1. The van der Waals surface area contributed by atoms with Crippen molar-refractivity contribution in [1.29, 1.82) is 0 Å². The Bertz CT molecular complexity index is 1350. The highest BCUT2D eigenvalue weighted by Gasteiger charge is 2.15. The van der Waals surface area contributed by atoms with Gasteiger partial charge in [-0.25, -0.2) is 0 Å². The Labute approximate surface area is 211 Å². The molecule has 1 aromatic heterocycles. The van der Waals surface area contributed by atoms with Crippen LogP contribution in [-0.4, -0.2) is 18.2 Å². The molecule has 0 bridgehead atoms. The number of aromatic nitrogens is 1. The van der Waals surface area contributed by atoms with Gasteiger partial charge in [-0.05, 0) is 65.9 Å². The Morgan fingerprint density at radius 3 is 2.47 bits per heavy atom. The van der Waals surface area contributed by atoms with Gasteiger partial charge in [-0.15, -0.1) is 0 Å². The smallest absolute Gasteiger partial charge is 0.161 e. The number of rotatable bonds is 8. The molecule has 1 aliphatic rings. The molecule has 6 nitrogen and oxygen atoms in total. The summed E-state index contributed by atoms with van der Waals surface area (Å²) < 4.78 is 23.8. The lowest BCUT2D eigenvalue weighted by molar-refractivity contribution is 0.171. The van der Waals surface area contributed by atoms with Crippen LogP contribution >= 0.6 is 0 Å². The SMILES string of the molecule is Cc1cc(CN)c(OCc2cccnc2)cc1OCc1cccc(-c2ccc3c(c2)OCCO3)c1C. The zero-order valence-electron chi connectivity index (χ0n) is 20.6. The summed E-state index contributed by atoms with van der Waals surface area (Å²) in [6.07, 6.45) is 3.54. The van der Waals surface area contributed by atoms with E-state index in [1.807, 2.05) is 43.3 Å². The molecule has 0 spiro atoms. The van der Waals surface area contributed by atoms with Crippen molar-refractivity contribution in [1.82, 2.24) is 4.98 Å². The van der Waals surface area contributed by atoms with E-state index in [0.29, 0.717) is 33.0 Å². The third kappa shape index (κ3) is 5.14. The van der Waals surface area contributed by atoms with Crippen LogP contribution in [0.3, 0.4) is 0 Å². The number of fused-ring (bicyclic) bond motifs is 1. The molecule has 2 N–H and O–H groups in total. The Hall–Kier alpha value is -4.03. The minimum absolute atomic E-state index is 0.389. The summed E-state index contributed by atoms with van der Waals surface area (Å²) in [6, 6.07) is 20.2. The highest BCUT2D eigenvalue weighted by molar-refractivity contribution is 5.71. The standard InChI is InChI=1S/C30H30N2O4/c1-20-13-25(16-31)29(35-18-22-5-4-10-32-17-22)15-28(20)36-19-24-6-3-7-26(21(24)2)23-8-9-27-30(14-23)34-12-11-33-27/h3-10,13-15,17H,11-12,16,18-19,31H2,1-2H3. The Balaban J connectivity index is 1.35. The molecule has 5 rings (SSSR count). The molecule has 36 heavy (non-hydrogen) atoms. The monoisotopic (exact) mass is 482 g/mol. The second-order valence-corrected chi connectivity index (χ2v) is 8.82. The molecule has 2 heterocycles. The van der Waals surface area contributed by atoms with Gasteiger partial charge in [-0.1, -0.05) is 30.3 Å². The average molecular weight is 483 g/mol. The molecule has 0 radical (unpaired) electrons. The Morgan fingerprint density at radius 1 is 0.833 bits per heavy atom. The van der Waals surface area contributed by atoms with Gasteiger partial charge in [0.2, 0.25) is 0 Å². The fraction of sp³-hybridized carbons (Fsp3) is 0.233. The fourth-order valence-electron chi connectivity index (χ4n) is 4.34. The van der Waals surface area contributed by atoms with Crippen LogP contribution < -0.4 is 24.7 Å². The van der Waals surface area contributed by atoms with E-state index in [1.165, 1.54) is 5.56 Å². The van der Waals surface area contributed by atoms with Gasteiger partial charge in [-0.3, -0.25) is 4.98 Å². The molecule has 184 valence electrons. The predicted octanol–water partition coefficient (Wildman–Crippen LogP) is 5.75. The summed E-state index contributed by atoms with van der Waals surface area (Å²) in [5.41, 5.74) is 13.5. The number of nitrogens with two attached hydrogens (primary N) is 1. The number of aryl methyl sites for hydroxylation is 1. The third-order valence-corrected chi connectivity index (χ3v) is 6.38. The summed E-state index contributed by atoms with van der Waals surface area (Å²) in [7, 11) is 0. The second-order valence-electron chi connectivity index (χ2n) is 8.82. The minimum Gasteiger partial charge on any atom is -0.488 e. The molecular formula is C30H30N2O4. The number of hydrogen-bond donors (Lipinski definition) is 1. The van der Waals surface area contributed by atoms with Crippen LogP contribution in [0.15, 0.2) is 73.1 Å². The first kappa shape index (κ1) is 23.7. The lowest BCUT2D eigenvalue weighted by Gasteiger charge is -2.20. The van der Waals surface area contributed by atoms with Crippen LogP contribution in [0, 0.1) is 13.8 Å². The van der Waals surface area contributed by atoms with E-state index in [0.717, 1.165) is 56.4 Å². The van der Waals surface area contributed by atoms with E-state index in [2.05, 4.69) is 36.2 Å². The lowest BCUT2D eigenvalue weighted by Crippen LogP contribution is -2.15. The lowest BCUT2D eigenvalue weighted by atomic mass is 9.96. The third-order valence-electron chi connectivity index (χ3n) is 6.38. The molecule has 3 aromatic carbocycles. The van der Waals surface area contributed by atoms with Crippen LogP contribution in [0.25, 0.3) is 11.1 Å². The molecule has 1 aliphatic heterocycles. The quantitative estimate of drug-likeness (QED) is 0.344. The summed E-state index contributed by atoms with van der Waals surface area (Å²) in [6.45, 7) is 6.55. The maximum Gasteiger partial charge on any atom is 0.161 e. The van der Waals surface area contributed by atoms with Crippen molar-refractivity contribution in [2.75, 3.05) is 13.2 Å². The molecule has 0 saturated carbocycles. The maximum atomic E-state index is 6.30. The summed E-state index contributed by atoms with van der Waals surface area (Å²) in [5, 5.41) is 0. The van der Waals surface area contributed by atoms with E-state index in [-0.39, 0.29) is 0 Å². The van der Waals surface area contributed by atoms with E-state index in [1.54, 1.807) is 12.4 Å². The predicted molar refractivity (Wildman–Crippen MR) is 140 cm³/mol. The Morgan fingerprint density at radius 2 is 1.67 bits per heavy atom. The van der Waals surface area contributed by atoms with Gasteiger partial charge in [0.25, 0.3) is 0 Å². The van der Waals surface area contributed by atoms with Crippen molar-refractivity contribution in [3.05, 3.63) is 101 Å². The van der Waals surface area contributed by atoms with Crippen molar-refractivity contribution >= 4 is 0 Å². The van der Waals surface area contributed by atoms with Crippen LogP contribution in [0.5, 0.6) is 23.0 Å². The molecular weight excluding hydrogens is 452 g/mol. The van der Waals surface area contributed by atoms with Gasteiger partial charge in [0.15, 0.2) is 11.5 Å². The zero-order valence-corrected chi connectivity index (χ0v) is 20.6. The van der Waals surface area contributed by atoms with E-state index in [9.17, 15) is 0 Å². The van der Waals surface area contributed by atoms with Crippen molar-refractivity contribution in [2.45, 2.75) is 33.6 Å². The molecule has 0 amide bonds. The number of pyridine rings is 1. The van der Waals surface area contributed by atoms with Crippen molar-refractivity contribution in [2.24, 2.45) is 5.73 Å². The van der Waals surface area contributed by atoms with Gasteiger partial charge in [0.05, 0.1) is 0 Å². The maximum absolute atomic E-state index is 6.30. The second kappa shape index (κ2) is 10.7. The van der Waals surface area contributed by atoms with Gasteiger partial charge >= 0.3 is 0 Å². The number of hydrogen-bond acceptors (Lipinski definition) is 6. The minimum atomic E-state index is 0.389. The normalized spacial score (nSPS) is 12.3. The van der Waals surface area contributed by atoms with Gasteiger partial charge in [0, 0.05) is 36.1 Å². The molecule has 0 saturated heterocycles. The van der Waals surface area contributed by atoms with Crippen LogP contribution in [0.4, 0.5) is 0 Å². The number of ether oxygens (including phenoxy) is 4. The van der Waals surface area contributed by atoms with E-state index < -0.39 is 0 Å². The fourth-order valence-corrected chi connectivity index (χ4v) is 4.34. The molecule has 0 fully saturated rings. The van der Waals surface area contributed by atoms with Gasteiger partial charge in [0.1, 0.15) is 37.9 Å². The number of nitrogens with zero attached hydrogens (tertiary/aromatic N) is 1. The summed E-state index contributed by atoms with van der Waals surface area (Å²) in [4.78, 5) is 4.15. The largest absolute Gasteiger partial charge is 0.488 e. The van der Waals surface area contributed by atoms with Gasteiger partial charge < -0.3 is 24.7 Å². The number of benzene rings is 3. The summed E-state index contributed by atoms with van der Waals surface area (Å²) >= 11 is 0. The molecule has 0 atom stereocenters. The van der Waals surface area contributed by atoms with Crippen LogP contribution in [-0.2, 0) is 19.8 Å². The van der Waals surface area contributed by atoms with E-state index >= 15 is 0 Å². The van der Waals surface area contributed by atoms with Crippen LogP contribution in [0.2, 0.25) is 0 Å². The molecule has 0 unspecified atom stereocenters. The Kier molecular flexibility index (Phi) is 7.05. The van der Waals surface area contributed by atoms with Crippen LogP contribution in [0.1, 0.15) is 27.8 Å². The van der Waals surface area contributed by atoms with Crippen molar-refractivity contribution < 1.29 is 18.9 Å². The molecule has 6 heteroatoms. The average Bonchev–Trinajstić information content (AvgIpc) is 2.92. The molecule has 0 aliphatic carbocycles. The van der Waals surface area contributed by atoms with Crippen molar-refractivity contribution in [3.63, 3.8) is 0 Å². The van der Waals surface area contributed by atoms with Gasteiger partial charge in [-0.2, -0.15) is 0 Å². The summed E-state index contributed by atoms with van der Waals surface area (Å²) in [5.74, 6) is 3.08. The highest BCUT2D eigenvalue weighted by atomic mass is 16.6. The topological polar surface area (TPSA) is 75.8 Å². The first-order valence-electron chi connectivity index (χ1n) is 12.1. The first-order chi connectivity index (χ1) is 17.6. The molecule has 4 aromatic rings. The zero-order chi connectivity index (χ0) is 24.9. The highest BCUT2D eigenvalue weighted by Crippen LogP contribution is 2.36. The van der Waals surface area contributed by atoms with E-state index in [4.69, 9.17) is 24.7 Å². The van der Waals surface area contributed by atoms with Crippen molar-refractivity contribution in [3.8, 4) is 34.1 Å².